The van der Waals surface area contributed by atoms with Crippen molar-refractivity contribution in [3.63, 3.8) is 0 Å². The molecule has 0 heterocycles. The highest BCUT2D eigenvalue weighted by molar-refractivity contribution is 5.90. The standard InChI is InChI=1S/C16H21NO4/c1-10-12(11-8-6-5-7-9-11)16(10,13(18)19)17-14(20)21-15(2,3)4/h5-10,12H,1-4H3,(H,17,20)(H,18,19)/t10?,12?,16-/m1/s1. The third-order valence-electron chi connectivity index (χ3n) is 3.82. The van der Waals surface area contributed by atoms with E-state index in [0.29, 0.717) is 0 Å². The van der Waals surface area contributed by atoms with Crippen LogP contribution in [0, 0.1) is 5.92 Å². The quantitative estimate of drug-likeness (QED) is 0.898. The first-order chi connectivity index (χ1) is 9.68. The van der Waals surface area contributed by atoms with Crippen molar-refractivity contribution in [2.24, 2.45) is 5.92 Å². The lowest BCUT2D eigenvalue weighted by Crippen LogP contribution is -2.47. The molecule has 3 atom stereocenters. The number of carbonyl (C=O) groups excluding carboxylic acids is 1. The van der Waals surface area contributed by atoms with Crippen molar-refractivity contribution in [1.82, 2.24) is 5.32 Å². The van der Waals surface area contributed by atoms with Crippen LogP contribution in [0.4, 0.5) is 4.79 Å². The zero-order valence-electron chi connectivity index (χ0n) is 12.7. The summed E-state index contributed by atoms with van der Waals surface area (Å²) >= 11 is 0. The van der Waals surface area contributed by atoms with Gasteiger partial charge in [-0.1, -0.05) is 37.3 Å². The van der Waals surface area contributed by atoms with Crippen molar-refractivity contribution < 1.29 is 19.4 Å². The summed E-state index contributed by atoms with van der Waals surface area (Å²) in [6.45, 7) is 7.05. The minimum atomic E-state index is -1.29. The molecule has 5 nitrogen and oxygen atoms in total. The Morgan fingerprint density at radius 2 is 1.81 bits per heavy atom. The van der Waals surface area contributed by atoms with Gasteiger partial charge in [0.2, 0.25) is 0 Å². The fourth-order valence-corrected chi connectivity index (χ4v) is 2.82. The van der Waals surface area contributed by atoms with Crippen molar-refractivity contribution in [2.75, 3.05) is 0 Å². The number of carboxylic acids is 1. The molecule has 0 aliphatic heterocycles. The van der Waals surface area contributed by atoms with Gasteiger partial charge >= 0.3 is 12.1 Å². The Bertz CT molecular complexity index is 549. The van der Waals surface area contributed by atoms with Crippen LogP contribution >= 0.6 is 0 Å². The molecule has 0 spiro atoms. The third-order valence-corrected chi connectivity index (χ3v) is 3.82. The van der Waals surface area contributed by atoms with E-state index in [1.54, 1.807) is 20.8 Å². The summed E-state index contributed by atoms with van der Waals surface area (Å²) < 4.78 is 5.18. The van der Waals surface area contributed by atoms with E-state index < -0.39 is 23.2 Å². The summed E-state index contributed by atoms with van der Waals surface area (Å²) in [5.74, 6) is -1.47. The molecule has 2 N–H and O–H groups in total. The average molecular weight is 291 g/mol. The Labute approximate surface area is 124 Å². The topological polar surface area (TPSA) is 75.6 Å². The predicted molar refractivity (Wildman–Crippen MR) is 78.1 cm³/mol. The number of carboxylic acid groups (broad SMARTS) is 1. The van der Waals surface area contributed by atoms with Gasteiger partial charge in [0.15, 0.2) is 5.54 Å². The number of hydrogen-bond donors (Lipinski definition) is 2. The number of carbonyl (C=O) groups is 2. The number of alkyl carbamates (subject to hydrolysis) is 1. The molecule has 1 aliphatic carbocycles. The SMILES string of the molecule is CC1C(c2ccccc2)[C@@]1(NC(=O)OC(C)(C)C)C(=O)O. The van der Waals surface area contributed by atoms with Crippen LogP contribution in [0.1, 0.15) is 39.2 Å². The lowest BCUT2D eigenvalue weighted by atomic mass is 10.1. The molecule has 1 aliphatic rings. The Morgan fingerprint density at radius 1 is 1.24 bits per heavy atom. The smallest absolute Gasteiger partial charge is 0.408 e. The maximum absolute atomic E-state index is 11.9. The van der Waals surface area contributed by atoms with Crippen LogP contribution in [-0.4, -0.2) is 28.3 Å². The maximum Gasteiger partial charge on any atom is 0.408 e. The van der Waals surface area contributed by atoms with Crippen molar-refractivity contribution >= 4 is 12.1 Å². The van der Waals surface area contributed by atoms with Crippen LogP contribution in [0.5, 0.6) is 0 Å². The van der Waals surface area contributed by atoms with E-state index in [-0.39, 0.29) is 11.8 Å². The highest BCUT2D eigenvalue weighted by Crippen LogP contribution is 2.57. The molecule has 2 rings (SSSR count). The van der Waals surface area contributed by atoms with Gasteiger partial charge in [-0.15, -0.1) is 0 Å². The summed E-state index contributed by atoms with van der Waals surface area (Å²) in [4.78, 5) is 23.7. The molecule has 0 aromatic heterocycles. The molecule has 1 aromatic carbocycles. The second-order valence-electron chi connectivity index (χ2n) is 6.48. The van der Waals surface area contributed by atoms with Crippen LogP contribution in [-0.2, 0) is 9.53 Å². The number of benzene rings is 1. The lowest BCUT2D eigenvalue weighted by molar-refractivity contribution is -0.141. The molecule has 21 heavy (non-hydrogen) atoms. The van der Waals surface area contributed by atoms with Crippen molar-refractivity contribution in [2.45, 2.75) is 44.8 Å². The summed E-state index contributed by atoms with van der Waals surface area (Å²) in [6.07, 6.45) is -0.699. The van der Waals surface area contributed by atoms with Gasteiger partial charge in [0.25, 0.3) is 0 Å². The molecule has 0 bridgehead atoms. The third kappa shape index (κ3) is 2.86. The number of rotatable bonds is 3. The second-order valence-corrected chi connectivity index (χ2v) is 6.48. The fourth-order valence-electron chi connectivity index (χ4n) is 2.82. The van der Waals surface area contributed by atoms with Crippen LogP contribution in [0.25, 0.3) is 0 Å². The van der Waals surface area contributed by atoms with E-state index >= 15 is 0 Å². The second kappa shape index (κ2) is 5.06. The van der Waals surface area contributed by atoms with Crippen LogP contribution in [0.2, 0.25) is 0 Å². The highest BCUT2D eigenvalue weighted by atomic mass is 16.6. The van der Waals surface area contributed by atoms with Crippen molar-refractivity contribution in [3.8, 4) is 0 Å². The molecule has 0 saturated heterocycles. The molecule has 2 unspecified atom stereocenters. The van der Waals surface area contributed by atoms with Crippen LogP contribution < -0.4 is 5.32 Å². The Kier molecular flexibility index (Phi) is 3.70. The summed E-state index contributed by atoms with van der Waals surface area (Å²) in [7, 11) is 0. The van der Waals surface area contributed by atoms with Gasteiger partial charge in [0.1, 0.15) is 5.60 Å². The first-order valence-electron chi connectivity index (χ1n) is 6.98. The van der Waals surface area contributed by atoms with Crippen molar-refractivity contribution in [3.05, 3.63) is 35.9 Å². The van der Waals surface area contributed by atoms with E-state index in [1.165, 1.54) is 0 Å². The summed E-state index contributed by atoms with van der Waals surface area (Å²) in [5.41, 5.74) is -1.04. The van der Waals surface area contributed by atoms with Gasteiger partial charge in [0.05, 0.1) is 0 Å². The van der Waals surface area contributed by atoms with Crippen molar-refractivity contribution in [1.29, 1.82) is 0 Å². The Balaban J connectivity index is 2.21. The minimum Gasteiger partial charge on any atom is -0.479 e. The maximum atomic E-state index is 11.9. The summed E-state index contributed by atoms with van der Waals surface area (Å²) in [6, 6.07) is 9.35. The van der Waals surface area contributed by atoms with E-state index in [1.807, 2.05) is 37.3 Å². The summed E-state index contributed by atoms with van der Waals surface area (Å²) in [5, 5.41) is 12.1. The molecule has 1 aromatic rings. The largest absolute Gasteiger partial charge is 0.479 e. The average Bonchev–Trinajstić information content (AvgIpc) is 2.94. The molecule has 0 radical (unpaired) electrons. The Morgan fingerprint density at radius 3 is 2.29 bits per heavy atom. The van der Waals surface area contributed by atoms with E-state index in [9.17, 15) is 14.7 Å². The van der Waals surface area contributed by atoms with Gasteiger partial charge in [0, 0.05) is 11.8 Å². The van der Waals surface area contributed by atoms with E-state index in [0.717, 1.165) is 5.56 Å². The zero-order chi connectivity index (χ0) is 15.8. The first-order valence-corrected chi connectivity index (χ1v) is 6.98. The molecular formula is C16H21NO4. The van der Waals surface area contributed by atoms with E-state index in [4.69, 9.17) is 4.74 Å². The molecule has 1 saturated carbocycles. The molecule has 1 fully saturated rings. The molecular weight excluding hydrogens is 270 g/mol. The monoisotopic (exact) mass is 291 g/mol. The fraction of sp³-hybridized carbons (Fsp3) is 0.500. The predicted octanol–water partition coefficient (Wildman–Crippen LogP) is 2.77. The van der Waals surface area contributed by atoms with Crippen LogP contribution in [0.15, 0.2) is 30.3 Å². The molecule has 5 heteroatoms. The van der Waals surface area contributed by atoms with Gasteiger partial charge in [-0.3, -0.25) is 0 Å². The minimum absolute atomic E-state index is 0.190. The number of nitrogens with one attached hydrogen (secondary N) is 1. The lowest BCUT2D eigenvalue weighted by Gasteiger charge is -2.22. The number of hydrogen-bond acceptors (Lipinski definition) is 3. The molecule has 114 valence electrons. The molecule has 1 amide bonds. The number of aliphatic carboxylic acids is 1. The number of amides is 1. The van der Waals surface area contributed by atoms with Gasteiger partial charge in [-0.2, -0.15) is 0 Å². The van der Waals surface area contributed by atoms with Crippen LogP contribution in [0.3, 0.4) is 0 Å². The van der Waals surface area contributed by atoms with Gasteiger partial charge in [-0.25, -0.2) is 9.59 Å². The highest BCUT2D eigenvalue weighted by Gasteiger charge is 2.69. The normalized spacial score (nSPS) is 27.8. The first kappa shape index (κ1) is 15.4. The van der Waals surface area contributed by atoms with E-state index in [2.05, 4.69) is 5.32 Å². The van der Waals surface area contributed by atoms with Gasteiger partial charge in [-0.05, 0) is 26.3 Å². The zero-order valence-corrected chi connectivity index (χ0v) is 12.7. The number of ether oxygens (including phenoxy) is 1. The Hall–Kier alpha value is -2.04. The van der Waals surface area contributed by atoms with Gasteiger partial charge < -0.3 is 15.2 Å².